The number of ether oxygens (including phenoxy) is 1. The van der Waals surface area contributed by atoms with Gasteiger partial charge in [-0.2, -0.15) is 5.26 Å². The van der Waals surface area contributed by atoms with E-state index in [9.17, 15) is 4.79 Å². The van der Waals surface area contributed by atoms with E-state index >= 15 is 0 Å². The van der Waals surface area contributed by atoms with E-state index in [4.69, 9.17) is 10.00 Å². The molecule has 2 aliphatic carbocycles. The van der Waals surface area contributed by atoms with Gasteiger partial charge < -0.3 is 4.74 Å². The summed E-state index contributed by atoms with van der Waals surface area (Å²) in [6.07, 6.45) is 24.1. The van der Waals surface area contributed by atoms with E-state index in [0.29, 0.717) is 0 Å². The van der Waals surface area contributed by atoms with Crippen molar-refractivity contribution >= 4 is 5.97 Å². The summed E-state index contributed by atoms with van der Waals surface area (Å²) in [5.74, 6) is 1.80. The van der Waals surface area contributed by atoms with Crippen molar-refractivity contribution in [1.82, 2.24) is 0 Å². The van der Waals surface area contributed by atoms with Gasteiger partial charge in [0.05, 0.1) is 12.0 Å². The number of hydrogen-bond donors (Lipinski definition) is 0. The minimum absolute atomic E-state index is 0.0782. The highest BCUT2D eigenvalue weighted by Gasteiger charge is 2.30. The van der Waals surface area contributed by atoms with Crippen molar-refractivity contribution < 1.29 is 9.53 Å². The van der Waals surface area contributed by atoms with Crippen LogP contribution in [0.15, 0.2) is 24.3 Å². The zero-order valence-electron chi connectivity index (χ0n) is 17.8. The molecule has 2 aliphatic rings. The first-order chi connectivity index (χ1) is 13.7. The smallest absolute Gasteiger partial charge is 0.309 e. The second kappa shape index (κ2) is 13.6. The topological polar surface area (TPSA) is 50.1 Å². The number of allylic oxidation sites excluding steroid dienone is 4. The molecule has 3 heteroatoms. The van der Waals surface area contributed by atoms with Crippen LogP contribution in [-0.2, 0) is 9.53 Å². The fraction of sp³-hybridized carbons (Fsp3) is 0.760. The van der Waals surface area contributed by atoms with E-state index in [0.717, 1.165) is 56.8 Å². The maximum atomic E-state index is 12.6. The maximum absolute atomic E-state index is 12.6. The van der Waals surface area contributed by atoms with E-state index in [1.54, 1.807) is 6.08 Å². The van der Waals surface area contributed by atoms with Gasteiger partial charge >= 0.3 is 5.97 Å². The molecule has 2 rings (SSSR count). The van der Waals surface area contributed by atoms with Crippen LogP contribution in [0.25, 0.3) is 0 Å². The molecule has 28 heavy (non-hydrogen) atoms. The standard InChI is InChI=1S/C25H39NO2/c1-2-3-7-10-22-14-18-24(19-15-22)28-25(27)23-16-12-21(13-17-23)11-8-5-4-6-9-20-26/h4-6,9,21-24H,2-3,7-8,10-19H2,1H3/t21-,22-,23-,24-. The molecular formula is C25H39NO2. The van der Waals surface area contributed by atoms with Crippen LogP contribution in [0.1, 0.15) is 96.8 Å². The number of esters is 1. The summed E-state index contributed by atoms with van der Waals surface area (Å²) in [6.45, 7) is 2.26. The third-order valence-corrected chi connectivity index (χ3v) is 6.63. The van der Waals surface area contributed by atoms with Crippen LogP contribution < -0.4 is 0 Å². The summed E-state index contributed by atoms with van der Waals surface area (Å²) >= 11 is 0. The Balaban J connectivity index is 1.58. The minimum atomic E-state index is 0.0782. The van der Waals surface area contributed by atoms with Crippen molar-refractivity contribution in [1.29, 1.82) is 5.26 Å². The van der Waals surface area contributed by atoms with Crippen molar-refractivity contribution in [3.8, 4) is 6.07 Å². The summed E-state index contributed by atoms with van der Waals surface area (Å²) in [7, 11) is 0. The molecule has 2 saturated carbocycles. The largest absolute Gasteiger partial charge is 0.462 e. The predicted octanol–water partition coefficient (Wildman–Crippen LogP) is 6.89. The Kier molecular flexibility index (Phi) is 11.0. The van der Waals surface area contributed by atoms with Crippen molar-refractivity contribution in [3.63, 3.8) is 0 Å². The molecule has 0 radical (unpaired) electrons. The highest BCUT2D eigenvalue weighted by Crippen LogP contribution is 2.34. The highest BCUT2D eigenvalue weighted by molar-refractivity contribution is 5.72. The van der Waals surface area contributed by atoms with Gasteiger partial charge in [-0.05, 0) is 76.0 Å². The SMILES string of the molecule is CCCCC[C@H]1CC[C@H](OC(=O)[C@H]2CC[C@H](CCC=CC=CC#N)CC2)CC1. The van der Waals surface area contributed by atoms with Gasteiger partial charge in [0.2, 0.25) is 0 Å². The number of hydrogen-bond acceptors (Lipinski definition) is 3. The van der Waals surface area contributed by atoms with Crippen LogP contribution in [0, 0.1) is 29.1 Å². The molecular weight excluding hydrogens is 346 g/mol. The first-order valence-electron chi connectivity index (χ1n) is 11.6. The van der Waals surface area contributed by atoms with E-state index in [1.165, 1.54) is 51.0 Å². The van der Waals surface area contributed by atoms with Gasteiger partial charge in [-0.25, -0.2) is 0 Å². The van der Waals surface area contributed by atoms with Crippen LogP contribution in [0.2, 0.25) is 0 Å². The van der Waals surface area contributed by atoms with Crippen LogP contribution in [0.3, 0.4) is 0 Å². The lowest BCUT2D eigenvalue weighted by molar-refractivity contribution is -0.157. The van der Waals surface area contributed by atoms with Crippen molar-refractivity contribution in [2.24, 2.45) is 17.8 Å². The van der Waals surface area contributed by atoms with Crippen molar-refractivity contribution in [2.75, 3.05) is 0 Å². The zero-order valence-corrected chi connectivity index (χ0v) is 17.8. The number of carbonyl (C=O) groups is 1. The van der Waals surface area contributed by atoms with Gasteiger partial charge in [-0.15, -0.1) is 0 Å². The first-order valence-corrected chi connectivity index (χ1v) is 11.6. The van der Waals surface area contributed by atoms with Crippen LogP contribution in [-0.4, -0.2) is 12.1 Å². The Labute approximate surface area is 172 Å². The van der Waals surface area contributed by atoms with Gasteiger partial charge in [0.1, 0.15) is 6.10 Å². The molecule has 0 aliphatic heterocycles. The van der Waals surface area contributed by atoms with Crippen LogP contribution in [0.4, 0.5) is 0 Å². The van der Waals surface area contributed by atoms with E-state index in [1.807, 2.05) is 12.1 Å². The van der Waals surface area contributed by atoms with E-state index in [2.05, 4.69) is 13.0 Å². The normalized spacial score (nSPS) is 28.4. The number of rotatable bonds is 10. The number of unbranched alkanes of at least 4 members (excludes halogenated alkanes) is 2. The van der Waals surface area contributed by atoms with Gasteiger partial charge in [0.15, 0.2) is 0 Å². The van der Waals surface area contributed by atoms with E-state index in [-0.39, 0.29) is 18.0 Å². The number of carbonyl (C=O) groups excluding carboxylic acids is 1. The van der Waals surface area contributed by atoms with E-state index < -0.39 is 0 Å². The molecule has 0 aromatic rings. The second-order valence-corrected chi connectivity index (χ2v) is 8.79. The average Bonchev–Trinajstić information content (AvgIpc) is 2.72. The zero-order chi connectivity index (χ0) is 20.0. The molecule has 0 saturated heterocycles. The third-order valence-electron chi connectivity index (χ3n) is 6.63. The van der Waals surface area contributed by atoms with Crippen molar-refractivity contribution in [3.05, 3.63) is 24.3 Å². The average molecular weight is 386 g/mol. The summed E-state index contributed by atoms with van der Waals surface area (Å²) in [6, 6.07) is 1.99. The van der Waals surface area contributed by atoms with Gasteiger partial charge in [-0.3, -0.25) is 4.79 Å². The molecule has 0 aromatic heterocycles. The van der Waals surface area contributed by atoms with Crippen LogP contribution in [0.5, 0.6) is 0 Å². The van der Waals surface area contributed by atoms with Gasteiger partial charge in [0, 0.05) is 6.08 Å². The summed E-state index contributed by atoms with van der Waals surface area (Å²) in [4.78, 5) is 12.6. The van der Waals surface area contributed by atoms with Crippen molar-refractivity contribution in [2.45, 2.75) is 103 Å². The number of nitrogens with zero attached hydrogens (tertiary/aromatic N) is 1. The predicted molar refractivity (Wildman–Crippen MR) is 115 cm³/mol. The molecule has 0 atom stereocenters. The Morgan fingerprint density at radius 2 is 1.64 bits per heavy atom. The Morgan fingerprint density at radius 3 is 2.32 bits per heavy atom. The second-order valence-electron chi connectivity index (χ2n) is 8.79. The summed E-state index contributed by atoms with van der Waals surface area (Å²) in [5, 5.41) is 8.44. The Bertz CT molecular complexity index is 529. The minimum Gasteiger partial charge on any atom is -0.462 e. The molecule has 0 bridgehead atoms. The fourth-order valence-electron chi connectivity index (χ4n) is 4.77. The summed E-state index contributed by atoms with van der Waals surface area (Å²) in [5.41, 5.74) is 0. The lowest BCUT2D eigenvalue weighted by Gasteiger charge is -2.31. The number of nitriles is 1. The Hall–Kier alpha value is -1.56. The van der Waals surface area contributed by atoms with Gasteiger partial charge in [0.25, 0.3) is 0 Å². The monoisotopic (exact) mass is 385 g/mol. The fourth-order valence-corrected chi connectivity index (χ4v) is 4.77. The molecule has 0 unspecified atom stereocenters. The molecule has 0 N–H and O–H groups in total. The molecule has 2 fully saturated rings. The highest BCUT2D eigenvalue weighted by atomic mass is 16.5. The third kappa shape index (κ3) is 8.63. The molecule has 0 spiro atoms. The molecule has 156 valence electrons. The first kappa shape index (κ1) is 22.7. The molecule has 0 amide bonds. The maximum Gasteiger partial charge on any atom is 0.309 e. The lowest BCUT2D eigenvalue weighted by Crippen LogP contribution is -2.30. The quantitative estimate of drug-likeness (QED) is 0.178. The molecule has 3 nitrogen and oxygen atoms in total. The molecule has 0 aromatic carbocycles. The molecule has 0 heterocycles. The lowest BCUT2D eigenvalue weighted by atomic mass is 9.80. The van der Waals surface area contributed by atoms with Crippen LogP contribution >= 0.6 is 0 Å². The van der Waals surface area contributed by atoms with Gasteiger partial charge in [-0.1, -0.05) is 50.8 Å². The summed E-state index contributed by atoms with van der Waals surface area (Å²) < 4.78 is 5.89. The Morgan fingerprint density at radius 1 is 0.964 bits per heavy atom.